The van der Waals surface area contributed by atoms with Crippen LogP contribution in [0.1, 0.15) is 6.92 Å². The molecule has 52 valence electrons. The van der Waals surface area contributed by atoms with E-state index in [0.29, 0.717) is 6.08 Å². The topological polar surface area (TPSA) is 74.3 Å². The largest absolute Gasteiger partial charge is 1.00 e. The minimum absolute atomic E-state index is 0. The molecule has 0 aromatic rings. The van der Waals surface area contributed by atoms with E-state index in [-0.39, 0.29) is 29.6 Å². The van der Waals surface area contributed by atoms with Crippen LogP contribution in [0.25, 0.3) is 0 Å². The van der Waals surface area contributed by atoms with E-state index in [4.69, 9.17) is 0 Å². The van der Waals surface area contributed by atoms with E-state index in [1.54, 1.807) is 0 Å². The van der Waals surface area contributed by atoms with Crippen LogP contribution in [0.4, 0.5) is 0 Å². The summed E-state index contributed by atoms with van der Waals surface area (Å²) in [5.41, 5.74) is 0. The summed E-state index contributed by atoms with van der Waals surface area (Å²) >= 11 is 0. The van der Waals surface area contributed by atoms with Gasteiger partial charge in [-0.25, -0.2) is 8.42 Å². The van der Waals surface area contributed by atoms with Gasteiger partial charge in [-0.05, 0) is 13.0 Å². The molecule has 0 spiro atoms. The van der Waals surface area contributed by atoms with Crippen LogP contribution in [0, 0.1) is 0 Å². The van der Waals surface area contributed by atoms with Gasteiger partial charge in [0.05, 0.1) is 0 Å². The van der Waals surface area contributed by atoms with Gasteiger partial charge in [0, 0.05) is 0 Å². The summed E-state index contributed by atoms with van der Waals surface area (Å²) < 4.78 is 29.3. The van der Waals surface area contributed by atoms with E-state index in [9.17, 15) is 17.8 Å². The molecular formula is C4H5NaO4S. The molecule has 0 aliphatic carbocycles. The van der Waals surface area contributed by atoms with E-state index in [1.165, 1.54) is 13.0 Å². The Morgan fingerprint density at radius 3 is 2.00 bits per heavy atom. The summed E-state index contributed by atoms with van der Waals surface area (Å²) in [6.45, 7) is 1.45. The maximum absolute atomic E-state index is 10.1. The van der Waals surface area contributed by atoms with Gasteiger partial charge in [0.1, 0.15) is 0 Å². The molecule has 4 nitrogen and oxygen atoms in total. The van der Waals surface area contributed by atoms with Crippen molar-refractivity contribution in [2.45, 2.75) is 6.92 Å². The molecule has 0 amide bonds. The van der Waals surface area contributed by atoms with Crippen LogP contribution >= 0.6 is 0 Å². The third kappa shape index (κ3) is 5.13. The Labute approximate surface area is 81.3 Å². The van der Waals surface area contributed by atoms with Crippen molar-refractivity contribution in [2.75, 3.05) is 0 Å². The Balaban J connectivity index is 0. The van der Waals surface area contributed by atoms with Gasteiger partial charge >= 0.3 is 29.6 Å². The molecule has 0 saturated carbocycles. The minimum Gasteiger partial charge on any atom is -0.742 e. The zero-order valence-corrected chi connectivity index (χ0v) is 8.51. The van der Waals surface area contributed by atoms with E-state index in [2.05, 4.69) is 0 Å². The van der Waals surface area contributed by atoms with Gasteiger partial charge < -0.3 is 4.55 Å². The first-order chi connectivity index (χ1) is 3.98. The normalized spacial score (nSPS) is 11.0. The second kappa shape index (κ2) is 5.03. The van der Waals surface area contributed by atoms with Crippen LogP contribution in [0.2, 0.25) is 0 Å². The van der Waals surface area contributed by atoms with Crippen molar-refractivity contribution < 1.29 is 47.3 Å². The standard InChI is InChI=1S/C4H6O4S.Na/c1-2-3-4(5)9(6,7)8;/h2-3H,1H3,(H,6,7,8);/q;+1/p-1. The number of hydrogen-bond donors (Lipinski definition) is 0. The second-order valence-corrected chi connectivity index (χ2v) is 2.58. The number of allylic oxidation sites excluding steroid dienone is 1. The summed E-state index contributed by atoms with van der Waals surface area (Å²) in [5, 5.41) is -1.40. The average Bonchev–Trinajstić information content (AvgIpc) is 1.64. The van der Waals surface area contributed by atoms with Crippen LogP contribution in [0.3, 0.4) is 0 Å². The molecule has 0 aliphatic heterocycles. The van der Waals surface area contributed by atoms with Gasteiger partial charge in [-0.1, -0.05) is 6.08 Å². The molecule has 10 heavy (non-hydrogen) atoms. The third-order valence-electron chi connectivity index (χ3n) is 0.549. The second-order valence-electron chi connectivity index (χ2n) is 1.27. The predicted molar refractivity (Wildman–Crippen MR) is 29.5 cm³/mol. The van der Waals surface area contributed by atoms with Gasteiger partial charge in [-0.2, -0.15) is 0 Å². The monoisotopic (exact) mass is 172 g/mol. The first kappa shape index (κ1) is 12.9. The summed E-state index contributed by atoms with van der Waals surface area (Å²) in [6.07, 6.45) is 1.90. The Bertz CT molecular complexity index is 228. The van der Waals surface area contributed by atoms with Crippen molar-refractivity contribution in [1.29, 1.82) is 0 Å². The zero-order chi connectivity index (χ0) is 7.49. The third-order valence-corrected chi connectivity index (χ3v) is 1.18. The summed E-state index contributed by atoms with van der Waals surface area (Å²) in [4.78, 5) is 10.1. The van der Waals surface area contributed by atoms with Gasteiger partial charge in [-0.15, -0.1) is 0 Å². The summed E-state index contributed by atoms with van der Waals surface area (Å²) in [5.74, 6) is 0. The molecule has 0 aromatic heterocycles. The van der Waals surface area contributed by atoms with Crippen LogP contribution in [0.15, 0.2) is 12.2 Å². The predicted octanol–water partition coefficient (Wildman–Crippen LogP) is -3.36. The van der Waals surface area contributed by atoms with Crippen LogP contribution in [-0.4, -0.2) is 18.1 Å². The van der Waals surface area contributed by atoms with Crippen LogP contribution < -0.4 is 29.6 Å². The maximum atomic E-state index is 10.1. The first-order valence-electron chi connectivity index (χ1n) is 2.11. The molecule has 0 bridgehead atoms. The van der Waals surface area contributed by atoms with Crippen molar-refractivity contribution in [3.8, 4) is 0 Å². The van der Waals surface area contributed by atoms with Crippen molar-refractivity contribution in [3.63, 3.8) is 0 Å². The molecule has 0 unspecified atom stereocenters. The van der Waals surface area contributed by atoms with Crippen molar-refractivity contribution >= 4 is 15.2 Å². The molecule has 0 atom stereocenters. The fraction of sp³-hybridized carbons (Fsp3) is 0.250. The fourth-order valence-electron chi connectivity index (χ4n) is 0.219. The summed E-state index contributed by atoms with van der Waals surface area (Å²) in [7, 11) is -4.74. The molecule has 6 heteroatoms. The van der Waals surface area contributed by atoms with Crippen molar-refractivity contribution in [1.82, 2.24) is 0 Å². The average molecular weight is 172 g/mol. The fourth-order valence-corrected chi connectivity index (χ4v) is 0.522. The van der Waals surface area contributed by atoms with Gasteiger partial charge in [0.15, 0.2) is 10.1 Å². The number of hydrogen-bond acceptors (Lipinski definition) is 4. The molecule has 0 fully saturated rings. The minimum atomic E-state index is -4.74. The van der Waals surface area contributed by atoms with Gasteiger partial charge in [0.25, 0.3) is 5.12 Å². The molecular weight excluding hydrogens is 167 g/mol. The van der Waals surface area contributed by atoms with E-state index < -0.39 is 15.2 Å². The first-order valence-corrected chi connectivity index (χ1v) is 3.52. The Morgan fingerprint density at radius 1 is 1.50 bits per heavy atom. The van der Waals surface area contributed by atoms with Gasteiger partial charge in [-0.3, -0.25) is 4.79 Å². The molecule has 0 rings (SSSR count). The maximum Gasteiger partial charge on any atom is 1.00 e. The van der Waals surface area contributed by atoms with Crippen molar-refractivity contribution in [2.24, 2.45) is 0 Å². The van der Waals surface area contributed by atoms with E-state index >= 15 is 0 Å². The Hall–Kier alpha value is 0.320. The molecule has 0 radical (unpaired) electrons. The SMILES string of the molecule is CC=CC(=O)S(=O)(=O)[O-].[Na+]. The molecule has 0 N–H and O–H groups in total. The van der Waals surface area contributed by atoms with E-state index in [0.717, 1.165) is 0 Å². The quantitative estimate of drug-likeness (QED) is 0.235. The smallest absolute Gasteiger partial charge is 0.742 e. The molecule has 0 saturated heterocycles. The van der Waals surface area contributed by atoms with Gasteiger partial charge in [0.2, 0.25) is 0 Å². The molecule has 0 aliphatic rings. The molecule has 0 heterocycles. The number of rotatable bonds is 1. The Morgan fingerprint density at radius 2 is 1.90 bits per heavy atom. The Kier molecular flexibility index (Phi) is 6.52. The van der Waals surface area contributed by atoms with Crippen LogP contribution in [0.5, 0.6) is 0 Å². The zero-order valence-electron chi connectivity index (χ0n) is 5.70. The summed E-state index contributed by atoms with van der Waals surface area (Å²) in [6, 6.07) is 0. The van der Waals surface area contributed by atoms with Crippen molar-refractivity contribution in [3.05, 3.63) is 12.2 Å². The van der Waals surface area contributed by atoms with E-state index in [1.807, 2.05) is 0 Å². The number of carbonyl (C=O) groups excluding carboxylic acids is 1. The van der Waals surface area contributed by atoms with Crippen LogP contribution in [-0.2, 0) is 14.9 Å². The molecule has 0 aromatic carbocycles. The number of carbonyl (C=O) groups is 1.